The number of hydrogen-bond donors (Lipinski definition) is 2. The molecule has 1 aromatic rings. The Kier molecular flexibility index (Phi) is 5.97. The van der Waals surface area contributed by atoms with Gasteiger partial charge in [-0.05, 0) is 36.5 Å². The van der Waals surface area contributed by atoms with Gasteiger partial charge in [-0.15, -0.1) is 0 Å². The summed E-state index contributed by atoms with van der Waals surface area (Å²) in [5, 5.41) is 12.7. The highest BCUT2D eigenvalue weighted by Crippen LogP contribution is 2.35. The molecule has 1 aliphatic carbocycles. The lowest BCUT2D eigenvalue weighted by Crippen LogP contribution is -2.44. The van der Waals surface area contributed by atoms with Gasteiger partial charge in [-0.25, -0.2) is 9.79 Å². The summed E-state index contributed by atoms with van der Waals surface area (Å²) in [6.45, 7) is 1.83. The van der Waals surface area contributed by atoms with Crippen molar-refractivity contribution in [3.63, 3.8) is 0 Å². The van der Waals surface area contributed by atoms with Crippen molar-refractivity contribution in [3.8, 4) is 5.75 Å². The smallest absolute Gasteiger partial charge is 0.341 e. The summed E-state index contributed by atoms with van der Waals surface area (Å²) in [7, 11) is 0. The minimum atomic E-state index is -0.496. The van der Waals surface area contributed by atoms with Gasteiger partial charge in [0.05, 0.1) is 17.0 Å². The van der Waals surface area contributed by atoms with Crippen LogP contribution in [-0.4, -0.2) is 22.6 Å². The second-order valence-electron chi connectivity index (χ2n) is 7.23. The van der Waals surface area contributed by atoms with Crippen LogP contribution in [0.25, 0.3) is 0 Å². The standard InChI is InChI=1S/C20H25ClN2O3/c1-2-16(24)18-15(9-7-12-5-3-4-6-12)22-20(26)23-19(18)13-8-10-17(25)14(21)11-13/h8,10-12,18-19,25H,2-7,9H2,1H3,(H,23,26). The maximum atomic E-state index is 12.7. The highest BCUT2D eigenvalue weighted by molar-refractivity contribution is 6.32. The number of aromatic hydroxyl groups is 1. The molecular weight excluding hydrogens is 352 g/mol. The third kappa shape index (κ3) is 4.09. The number of benzene rings is 1. The molecule has 0 saturated heterocycles. The van der Waals surface area contributed by atoms with Crippen LogP contribution < -0.4 is 5.32 Å². The zero-order valence-electron chi connectivity index (χ0n) is 15.0. The zero-order valence-corrected chi connectivity index (χ0v) is 15.8. The summed E-state index contributed by atoms with van der Waals surface area (Å²) in [4.78, 5) is 29.0. The first-order valence-corrected chi connectivity index (χ1v) is 9.76. The number of aliphatic imine (C=N–C) groups is 1. The van der Waals surface area contributed by atoms with Gasteiger partial charge in [0.15, 0.2) is 0 Å². The van der Waals surface area contributed by atoms with Gasteiger partial charge in [0.1, 0.15) is 11.5 Å². The van der Waals surface area contributed by atoms with E-state index in [0.29, 0.717) is 30.0 Å². The first-order chi connectivity index (χ1) is 12.5. The number of hydrogen-bond acceptors (Lipinski definition) is 3. The van der Waals surface area contributed by atoms with Crippen LogP contribution in [0.3, 0.4) is 0 Å². The largest absolute Gasteiger partial charge is 0.506 e. The Labute approximate surface area is 158 Å². The number of phenols is 1. The number of nitrogens with one attached hydrogen (secondary N) is 1. The predicted molar refractivity (Wildman–Crippen MR) is 102 cm³/mol. The van der Waals surface area contributed by atoms with Gasteiger partial charge < -0.3 is 10.4 Å². The van der Waals surface area contributed by atoms with E-state index < -0.39 is 18.0 Å². The number of carbonyl (C=O) groups is 2. The van der Waals surface area contributed by atoms with Crippen molar-refractivity contribution in [2.75, 3.05) is 0 Å². The highest BCUT2D eigenvalue weighted by atomic mass is 35.5. The summed E-state index contributed by atoms with van der Waals surface area (Å²) in [6.07, 6.45) is 7.02. The molecule has 2 aliphatic rings. The van der Waals surface area contributed by atoms with Crippen molar-refractivity contribution in [1.29, 1.82) is 0 Å². The minimum absolute atomic E-state index is 0.0222. The van der Waals surface area contributed by atoms with E-state index in [1.54, 1.807) is 12.1 Å². The van der Waals surface area contributed by atoms with Crippen LogP contribution in [0.4, 0.5) is 4.79 Å². The van der Waals surface area contributed by atoms with E-state index in [-0.39, 0.29) is 16.6 Å². The first-order valence-electron chi connectivity index (χ1n) is 9.38. The third-order valence-electron chi connectivity index (χ3n) is 5.53. The summed E-state index contributed by atoms with van der Waals surface area (Å²) in [5.74, 6) is 0.233. The number of amides is 2. The Morgan fingerprint density at radius 2 is 2.08 bits per heavy atom. The molecular formula is C20H25ClN2O3. The van der Waals surface area contributed by atoms with Crippen LogP contribution >= 0.6 is 11.6 Å². The lowest BCUT2D eigenvalue weighted by atomic mass is 9.81. The predicted octanol–water partition coefficient (Wildman–Crippen LogP) is 4.82. The Morgan fingerprint density at radius 1 is 1.35 bits per heavy atom. The number of Topliss-reactive ketones (excluding diaryl/α,β-unsaturated/α-hetero) is 1. The van der Waals surface area contributed by atoms with Crippen LogP contribution in [0.2, 0.25) is 5.02 Å². The lowest BCUT2D eigenvalue weighted by molar-refractivity contribution is -0.121. The average Bonchev–Trinajstić information content (AvgIpc) is 3.14. The molecule has 3 rings (SSSR count). The van der Waals surface area contributed by atoms with E-state index in [4.69, 9.17) is 11.6 Å². The van der Waals surface area contributed by atoms with Crippen molar-refractivity contribution in [3.05, 3.63) is 28.8 Å². The number of rotatable bonds is 6. The van der Waals surface area contributed by atoms with Gasteiger partial charge in [0, 0.05) is 12.1 Å². The minimum Gasteiger partial charge on any atom is -0.506 e. The fourth-order valence-corrected chi connectivity index (χ4v) is 4.28. The molecule has 0 radical (unpaired) electrons. The summed E-state index contributed by atoms with van der Waals surface area (Å²) < 4.78 is 0. The van der Waals surface area contributed by atoms with Crippen LogP contribution in [0.5, 0.6) is 5.75 Å². The SMILES string of the molecule is CCC(=O)C1C(CCC2CCCC2)=NC(=O)NC1c1ccc(O)c(Cl)c1. The molecule has 6 heteroatoms. The number of urea groups is 1. The molecule has 2 N–H and O–H groups in total. The van der Waals surface area contributed by atoms with Crippen LogP contribution in [0.15, 0.2) is 23.2 Å². The van der Waals surface area contributed by atoms with Crippen LogP contribution in [-0.2, 0) is 4.79 Å². The van der Waals surface area contributed by atoms with E-state index in [9.17, 15) is 14.7 Å². The Balaban J connectivity index is 1.87. The Hall–Kier alpha value is -1.88. The topological polar surface area (TPSA) is 78.8 Å². The second kappa shape index (κ2) is 8.21. The molecule has 2 amide bonds. The zero-order chi connectivity index (χ0) is 18.7. The van der Waals surface area contributed by atoms with Crippen molar-refractivity contribution >= 4 is 29.1 Å². The normalized spacial score (nSPS) is 23.6. The van der Waals surface area contributed by atoms with Gasteiger partial charge in [-0.3, -0.25) is 4.79 Å². The molecule has 1 saturated carbocycles. The third-order valence-corrected chi connectivity index (χ3v) is 5.83. The summed E-state index contributed by atoms with van der Waals surface area (Å²) in [5.41, 5.74) is 1.39. The van der Waals surface area contributed by atoms with Gasteiger partial charge in [0.25, 0.3) is 0 Å². The molecule has 0 bridgehead atoms. The fourth-order valence-electron chi connectivity index (χ4n) is 4.09. The van der Waals surface area contributed by atoms with Gasteiger partial charge in [0.2, 0.25) is 0 Å². The molecule has 1 aromatic carbocycles. The number of phenolic OH excluding ortho intramolecular Hbond substituents is 1. The molecule has 2 atom stereocenters. The van der Waals surface area contributed by atoms with Gasteiger partial charge in [-0.2, -0.15) is 0 Å². The molecule has 140 valence electrons. The molecule has 26 heavy (non-hydrogen) atoms. The highest BCUT2D eigenvalue weighted by Gasteiger charge is 2.37. The Bertz CT molecular complexity index is 726. The van der Waals surface area contributed by atoms with E-state index in [2.05, 4.69) is 10.3 Å². The number of carbonyl (C=O) groups excluding carboxylic acids is 2. The quantitative estimate of drug-likeness (QED) is 0.747. The maximum absolute atomic E-state index is 12.7. The van der Waals surface area contributed by atoms with Crippen LogP contribution in [0.1, 0.15) is 63.5 Å². The van der Waals surface area contributed by atoms with Crippen molar-refractivity contribution in [2.24, 2.45) is 16.8 Å². The maximum Gasteiger partial charge on any atom is 0.341 e. The fraction of sp³-hybridized carbons (Fsp3) is 0.550. The van der Waals surface area contributed by atoms with Gasteiger partial charge >= 0.3 is 6.03 Å². The van der Waals surface area contributed by atoms with Crippen molar-refractivity contribution in [1.82, 2.24) is 5.32 Å². The monoisotopic (exact) mass is 376 g/mol. The summed E-state index contributed by atoms with van der Waals surface area (Å²) in [6, 6.07) is 3.88. The molecule has 0 aromatic heterocycles. The van der Waals surface area contributed by atoms with E-state index in [1.807, 2.05) is 6.92 Å². The van der Waals surface area contributed by atoms with E-state index in [1.165, 1.54) is 31.7 Å². The molecule has 1 heterocycles. The van der Waals surface area contributed by atoms with E-state index >= 15 is 0 Å². The summed E-state index contributed by atoms with van der Waals surface area (Å²) >= 11 is 6.04. The van der Waals surface area contributed by atoms with E-state index in [0.717, 1.165) is 6.42 Å². The lowest BCUT2D eigenvalue weighted by Gasteiger charge is -2.32. The molecule has 0 spiro atoms. The second-order valence-corrected chi connectivity index (χ2v) is 7.64. The van der Waals surface area contributed by atoms with Crippen LogP contribution in [0, 0.1) is 11.8 Å². The molecule has 1 fully saturated rings. The van der Waals surface area contributed by atoms with Crippen molar-refractivity contribution < 1.29 is 14.7 Å². The van der Waals surface area contributed by atoms with Gasteiger partial charge in [-0.1, -0.05) is 50.3 Å². The number of ketones is 1. The first kappa shape index (κ1) is 18.9. The molecule has 1 aliphatic heterocycles. The molecule has 5 nitrogen and oxygen atoms in total. The Morgan fingerprint density at radius 3 is 2.73 bits per heavy atom. The average molecular weight is 377 g/mol. The number of halogens is 1. The molecule has 2 unspecified atom stereocenters. The number of nitrogens with zero attached hydrogens (tertiary/aromatic N) is 1. The van der Waals surface area contributed by atoms with Crippen molar-refractivity contribution in [2.45, 2.75) is 57.9 Å².